The predicted molar refractivity (Wildman–Crippen MR) is 95.7 cm³/mol. The number of nitriles is 1. The van der Waals surface area contributed by atoms with Gasteiger partial charge in [0.05, 0.1) is 17.3 Å². The van der Waals surface area contributed by atoms with E-state index in [4.69, 9.17) is 22.6 Å². The fourth-order valence-electron chi connectivity index (χ4n) is 1.90. The SMILES string of the molecule is CC(=O)NC(/C=C(\N)c1ccc(Cl)cc1)=Nc1ccc(C#N)cc1. The number of amidine groups is 1. The Morgan fingerprint density at radius 1 is 1.21 bits per heavy atom. The molecule has 2 rings (SSSR count). The van der Waals surface area contributed by atoms with E-state index in [1.807, 2.05) is 6.07 Å². The van der Waals surface area contributed by atoms with Crippen LogP contribution in [-0.4, -0.2) is 11.7 Å². The summed E-state index contributed by atoms with van der Waals surface area (Å²) in [6.45, 7) is 1.39. The maximum Gasteiger partial charge on any atom is 0.222 e. The predicted octanol–water partition coefficient (Wildman–Crippen LogP) is 3.38. The Hall–Kier alpha value is -3.10. The van der Waals surface area contributed by atoms with Crippen LogP contribution in [0.2, 0.25) is 5.02 Å². The van der Waals surface area contributed by atoms with Crippen LogP contribution in [0, 0.1) is 11.3 Å². The van der Waals surface area contributed by atoms with Gasteiger partial charge in [-0.15, -0.1) is 0 Å². The monoisotopic (exact) mass is 338 g/mol. The van der Waals surface area contributed by atoms with Gasteiger partial charge in [-0.05, 0) is 42.0 Å². The molecule has 24 heavy (non-hydrogen) atoms. The zero-order chi connectivity index (χ0) is 17.5. The lowest BCUT2D eigenvalue weighted by molar-refractivity contribution is -0.117. The summed E-state index contributed by atoms with van der Waals surface area (Å²) in [5.74, 6) is 0.0437. The molecular weight excluding hydrogens is 324 g/mol. The van der Waals surface area contributed by atoms with E-state index in [1.54, 1.807) is 54.6 Å². The van der Waals surface area contributed by atoms with Crippen molar-refractivity contribution in [2.45, 2.75) is 6.92 Å². The molecule has 0 fully saturated rings. The van der Waals surface area contributed by atoms with Crippen LogP contribution in [0.1, 0.15) is 18.1 Å². The second-order valence-corrected chi connectivity index (χ2v) is 5.38. The highest BCUT2D eigenvalue weighted by Crippen LogP contribution is 2.16. The summed E-state index contributed by atoms with van der Waals surface area (Å²) in [5, 5.41) is 12.1. The molecule has 0 aliphatic heterocycles. The average Bonchev–Trinajstić information content (AvgIpc) is 2.55. The van der Waals surface area contributed by atoms with Crippen LogP contribution in [-0.2, 0) is 4.79 Å². The molecule has 1 amide bonds. The first-order valence-electron chi connectivity index (χ1n) is 7.07. The molecule has 0 saturated heterocycles. The molecule has 0 saturated carbocycles. The Kier molecular flexibility index (Phi) is 5.72. The van der Waals surface area contributed by atoms with Crippen LogP contribution < -0.4 is 11.1 Å². The normalized spacial score (nSPS) is 11.7. The summed E-state index contributed by atoms with van der Waals surface area (Å²) in [6, 6.07) is 15.7. The molecule has 0 unspecified atom stereocenters. The highest BCUT2D eigenvalue weighted by molar-refractivity contribution is 6.30. The minimum Gasteiger partial charge on any atom is -0.398 e. The number of carbonyl (C=O) groups excluding carboxylic acids is 1. The minimum absolute atomic E-state index is 0.262. The van der Waals surface area contributed by atoms with Gasteiger partial charge >= 0.3 is 0 Å². The van der Waals surface area contributed by atoms with Crippen molar-refractivity contribution in [3.63, 3.8) is 0 Å². The molecule has 5 nitrogen and oxygen atoms in total. The average molecular weight is 339 g/mol. The van der Waals surface area contributed by atoms with Crippen LogP contribution in [0.25, 0.3) is 5.70 Å². The minimum atomic E-state index is -0.262. The third kappa shape index (κ3) is 4.97. The number of benzene rings is 2. The number of hydrogen-bond acceptors (Lipinski definition) is 4. The summed E-state index contributed by atoms with van der Waals surface area (Å²) < 4.78 is 0. The maximum atomic E-state index is 11.4. The second-order valence-electron chi connectivity index (χ2n) is 4.94. The van der Waals surface area contributed by atoms with E-state index in [1.165, 1.54) is 6.92 Å². The molecule has 3 N–H and O–H groups in total. The van der Waals surface area contributed by atoms with Crippen molar-refractivity contribution >= 4 is 34.7 Å². The Morgan fingerprint density at radius 2 is 1.83 bits per heavy atom. The van der Waals surface area contributed by atoms with Crippen molar-refractivity contribution in [2.24, 2.45) is 10.7 Å². The van der Waals surface area contributed by atoms with E-state index >= 15 is 0 Å². The lowest BCUT2D eigenvalue weighted by Crippen LogP contribution is -2.27. The van der Waals surface area contributed by atoms with Crippen molar-refractivity contribution in [3.8, 4) is 6.07 Å². The summed E-state index contributed by atoms with van der Waals surface area (Å²) in [5.41, 5.74) is 8.39. The first kappa shape index (κ1) is 17.3. The largest absolute Gasteiger partial charge is 0.398 e. The van der Waals surface area contributed by atoms with Crippen LogP contribution in [0.4, 0.5) is 5.69 Å². The first-order chi connectivity index (χ1) is 11.5. The Labute approximate surface area is 145 Å². The molecule has 6 heteroatoms. The number of rotatable bonds is 3. The van der Waals surface area contributed by atoms with Gasteiger partial charge in [0.2, 0.25) is 5.91 Å². The van der Waals surface area contributed by atoms with Gasteiger partial charge in [-0.25, -0.2) is 4.99 Å². The van der Waals surface area contributed by atoms with Crippen molar-refractivity contribution in [1.82, 2.24) is 5.32 Å². The second kappa shape index (κ2) is 7.95. The maximum absolute atomic E-state index is 11.4. The lowest BCUT2D eigenvalue weighted by atomic mass is 10.1. The van der Waals surface area contributed by atoms with Gasteiger partial charge in [-0.1, -0.05) is 23.7 Å². The number of amides is 1. The van der Waals surface area contributed by atoms with Crippen LogP contribution in [0.3, 0.4) is 0 Å². The fraction of sp³-hybridized carbons (Fsp3) is 0.0556. The van der Waals surface area contributed by atoms with E-state index in [-0.39, 0.29) is 5.91 Å². The molecular formula is C18H15ClN4O. The number of nitrogens with two attached hydrogens (primary N) is 1. The van der Waals surface area contributed by atoms with Crippen molar-refractivity contribution in [3.05, 3.63) is 70.8 Å². The van der Waals surface area contributed by atoms with Gasteiger partial charge in [0.1, 0.15) is 5.84 Å². The molecule has 0 atom stereocenters. The molecule has 0 aliphatic rings. The number of aliphatic imine (C=N–C) groups is 1. The van der Waals surface area contributed by atoms with Crippen molar-refractivity contribution in [2.75, 3.05) is 0 Å². The smallest absolute Gasteiger partial charge is 0.222 e. The van der Waals surface area contributed by atoms with Crippen LogP contribution in [0.5, 0.6) is 0 Å². The van der Waals surface area contributed by atoms with Gasteiger partial charge in [-0.2, -0.15) is 5.26 Å². The number of carbonyl (C=O) groups is 1. The topological polar surface area (TPSA) is 91.3 Å². The van der Waals surface area contributed by atoms with E-state index in [2.05, 4.69) is 10.3 Å². The molecule has 2 aromatic carbocycles. The Bertz CT molecular complexity index is 831. The summed E-state index contributed by atoms with van der Waals surface area (Å²) in [4.78, 5) is 15.7. The number of halogens is 1. The Balaban J connectivity index is 2.34. The molecule has 0 aromatic heterocycles. The Morgan fingerprint density at radius 3 is 2.38 bits per heavy atom. The molecule has 0 aliphatic carbocycles. The van der Waals surface area contributed by atoms with Gasteiger partial charge in [-0.3, -0.25) is 4.79 Å². The lowest BCUT2D eigenvalue weighted by Gasteiger charge is -2.06. The molecule has 0 spiro atoms. The summed E-state index contributed by atoms with van der Waals surface area (Å²) in [6.07, 6.45) is 1.57. The third-order valence-corrected chi connectivity index (χ3v) is 3.27. The zero-order valence-electron chi connectivity index (χ0n) is 13.0. The summed E-state index contributed by atoms with van der Waals surface area (Å²) in [7, 11) is 0. The van der Waals surface area contributed by atoms with Gasteiger partial charge in [0, 0.05) is 23.7 Å². The highest BCUT2D eigenvalue weighted by atomic mass is 35.5. The van der Waals surface area contributed by atoms with Crippen molar-refractivity contribution < 1.29 is 4.79 Å². The summed E-state index contributed by atoms with van der Waals surface area (Å²) >= 11 is 5.86. The van der Waals surface area contributed by atoms with Gasteiger partial charge in [0.25, 0.3) is 0 Å². The van der Waals surface area contributed by atoms with E-state index < -0.39 is 0 Å². The van der Waals surface area contributed by atoms with Gasteiger partial charge < -0.3 is 11.1 Å². The van der Waals surface area contributed by atoms with E-state index in [0.717, 1.165) is 5.56 Å². The van der Waals surface area contributed by atoms with E-state index in [0.29, 0.717) is 27.8 Å². The standard InChI is InChI=1S/C18H15ClN4O/c1-12(24)22-18(23-16-8-2-13(11-20)3-9-16)10-17(21)14-4-6-15(19)7-5-14/h2-10H,21H2,1H3,(H,22,23,24)/b17-10-. The fourth-order valence-corrected chi connectivity index (χ4v) is 2.03. The number of hydrogen-bond donors (Lipinski definition) is 2. The quantitative estimate of drug-likeness (QED) is 0.663. The van der Waals surface area contributed by atoms with Crippen LogP contribution in [0.15, 0.2) is 59.6 Å². The number of nitrogens with one attached hydrogen (secondary N) is 1. The highest BCUT2D eigenvalue weighted by Gasteiger charge is 2.03. The van der Waals surface area contributed by atoms with Crippen LogP contribution >= 0.6 is 11.6 Å². The van der Waals surface area contributed by atoms with Crippen molar-refractivity contribution in [1.29, 1.82) is 5.26 Å². The molecule has 0 heterocycles. The van der Waals surface area contributed by atoms with E-state index in [9.17, 15) is 4.79 Å². The molecule has 2 aromatic rings. The molecule has 0 radical (unpaired) electrons. The molecule has 0 bridgehead atoms. The zero-order valence-corrected chi connectivity index (χ0v) is 13.7. The molecule has 120 valence electrons. The third-order valence-electron chi connectivity index (χ3n) is 3.02. The first-order valence-corrected chi connectivity index (χ1v) is 7.45. The van der Waals surface area contributed by atoms with Gasteiger partial charge in [0.15, 0.2) is 0 Å². The number of nitrogens with zero attached hydrogens (tertiary/aromatic N) is 2.